The number of nitrogens with two attached hydrogens (primary N) is 1. The fourth-order valence-electron chi connectivity index (χ4n) is 16.2. The lowest BCUT2D eigenvalue weighted by molar-refractivity contribution is -0.284. The highest BCUT2D eigenvalue weighted by Gasteiger charge is 2.52. The first kappa shape index (κ1) is 95.8. The Morgan fingerprint density at radius 3 is 1.70 bits per heavy atom. The minimum absolute atomic E-state index is 0.0251. The molecule has 8 amide bonds. The lowest BCUT2D eigenvalue weighted by Crippen LogP contribution is -2.65. The number of aliphatic hydroxyl groups excluding tert-OH is 10. The zero-order valence-corrected chi connectivity index (χ0v) is 71.4. The van der Waals surface area contributed by atoms with Crippen molar-refractivity contribution < 1.29 is 162 Å². The first-order chi connectivity index (χ1) is 63.0. The predicted octanol–water partition coefficient (Wildman–Crippen LogP) is 0.940. The summed E-state index contributed by atoms with van der Waals surface area (Å²) in [6, 6.07) is 0.558. The van der Waals surface area contributed by atoms with Gasteiger partial charge in [-0.3, -0.25) is 38.4 Å². The van der Waals surface area contributed by atoms with E-state index in [0.717, 1.165) is 111 Å². The number of unbranched alkanes of at least 4 members (excludes halogenated alkanes) is 3. The third-order valence-corrected chi connectivity index (χ3v) is 23.7. The number of aliphatic hydroxyl groups is 10. The first-order valence-corrected chi connectivity index (χ1v) is 42.5. The van der Waals surface area contributed by atoms with Gasteiger partial charge in [0.1, 0.15) is 156 Å². The van der Waals surface area contributed by atoms with Gasteiger partial charge < -0.3 is 167 Å². The lowest BCUT2D eigenvalue weighted by atomic mass is 9.89. The number of carbonyl (C=O) groups excluding carboxylic acids is 8. The van der Waals surface area contributed by atoms with Crippen LogP contribution in [-0.2, 0) is 68.5 Å². The molecule has 9 heterocycles. The number of phenols is 4. The van der Waals surface area contributed by atoms with Crippen molar-refractivity contribution in [3.05, 3.63) is 176 Å². The van der Waals surface area contributed by atoms with Crippen molar-refractivity contribution in [2.75, 3.05) is 19.8 Å². The van der Waals surface area contributed by atoms with Crippen LogP contribution in [0, 0.1) is 0 Å². The summed E-state index contributed by atoms with van der Waals surface area (Å²) in [7, 11) is 0. The summed E-state index contributed by atoms with van der Waals surface area (Å²) in [5, 5.41) is 190. The number of carboxylic acid groups (broad SMARTS) is 1. The van der Waals surface area contributed by atoms with Crippen molar-refractivity contribution in [2.45, 2.75) is 199 Å². The van der Waals surface area contributed by atoms with Gasteiger partial charge in [-0.05, 0) is 132 Å². The fraction of sp³-hybridized carbons (Fsp3) is 0.398. The maximum absolute atomic E-state index is 17.0. The van der Waals surface area contributed by atoms with Gasteiger partial charge in [0.05, 0.1) is 29.9 Å². The van der Waals surface area contributed by atoms with Crippen LogP contribution in [0.2, 0.25) is 10.0 Å². The molecule has 9 aliphatic rings. The average Bonchev–Trinajstić information content (AvgIpc) is 0.757. The van der Waals surface area contributed by atoms with Crippen LogP contribution in [0.3, 0.4) is 0 Å². The Balaban J connectivity index is 1.04. The Morgan fingerprint density at radius 1 is 0.508 bits per heavy atom. The van der Waals surface area contributed by atoms with Crippen molar-refractivity contribution in [3.63, 3.8) is 0 Å². The number of nitrogens with one attached hydrogen (secondary N) is 8. The van der Waals surface area contributed by atoms with Gasteiger partial charge in [0.2, 0.25) is 65.6 Å². The number of benzene rings is 7. The highest BCUT2D eigenvalue weighted by molar-refractivity contribution is 6.32. The summed E-state index contributed by atoms with van der Waals surface area (Å²) >= 11 is 14.7. The highest BCUT2D eigenvalue weighted by Crippen LogP contribution is 2.51. The van der Waals surface area contributed by atoms with E-state index in [1.165, 1.54) is 30.3 Å². The number of carboxylic acids is 1. The van der Waals surface area contributed by atoms with E-state index in [0.29, 0.717) is 6.42 Å². The van der Waals surface area contributed by atoms with Crippen LogP contribution in [0.25, 0.3) is 11.1 Å². The molecule has 132 heavy (non-hydrogen) atoms. The predicted molar refractivity (Wildman–Crippen MR) is 453 cm³/mol. The van der Waals surface area contributed by atoms with Gasteiger partial charge in [0, 0.05) is 48.6 Å². The zero-order valence-electron chi connectivity index (χ0n) is 69.9. The number of fused-ring (bicyclic) bond motifs is 14. The molecule has 16 rings (SSSR count). The van der Waals surface area contributed by atoms with Gasteiger partial charge in [0.15, 0.2) is 35.3 Å². The highest BCUT2D eigenvalue weighted by atomic mass is 35.5. The molecule has 9 aliphatic heterocycles. The number of hydrogen-bond acceptors (Lipinski definition) is 33. The molecule has 0 radical (unpaired) electrons. The van der Waals surface area contributed by atoms with E-state index in [1.807, 2.05) is 13.0 Å². The quantitative estimate of drug-likeness (QED) is 0.0396. The van der Waals surface area contributed by atoms with Crippen molar-refractivity contribution in [1.82, 2.24) is 42.5 Å². The van der Waals surface area contributed by atoms with E-state index in [-0.39, 0.29) is 46.2 Å². The van der Waals surface area contributed by atoms with Crippen molar-refractivity contribution in [1.29, 1.82) is 0 Å². The van der Waals surface area contributed by atoms with Crippen LogP contribution in [0.4, 0.5) is 0 Å². The average molecular weight is 1880 g/mol. The number of allylic oxidation sites excluding steroid dienone is 2. The zero-order chi connectivity index (χ0) is 94.7. The number of ether oxygens (including phenoxy) is 9. The van der Waals surface area contributed by atoms with E-state index in [4.69, 9.17) is 71.6 Å². The Bertz CT molecular complexity index is 5600. The smallest absolute Gasteiger partial charge is 0.330 e. The van der Waals surface area contributed by atoms with Crippen LogP contribution >= 0.6 is 23.2 Å². The molecular formula is C88H95Cl2N9O33. The van der Waals surface area contributed by atoms with Gasteiger partial charge in [-0.25, -0.2) is 4.79 Å². The van der Waals surface area contributed by atoms with Gasteiger partial charge in [-0.1, -0.05) is 79.4 Å². The fourth-order valence-corrected chi connectivity index (χ4v) is 16.7. The molecule has 0 spiro atoms. The second kappa shape index (κ2) is 40.8. The Labute approximate surface area is 759 Å². The second-order valence-corrected chi connectivity index (χ2v) is 33.2. The number of aliphatic carboxylic acids is 1. The first-order valence-electron chi connectivity index (χ1n) is 41.7. The molecule has 3 saturated heterocycles. The molecule has 0 saturated carbocycles. The SMILES string of the molecule is CCCCC/C=C/CCC(=O)N[C@H]1[C@H](Oc2c3cc4cc2Oc2ccc(cc2Cl)[C@@H](O[C@@H]2O[C@H](CO)[C@@H](O)[C@H](O)[C@H]2NC(C)=O)[C@@H]2NC(=O)[C@H](NC(=O)[C@@H]4NC(=O)[C@H]4NC(=O)C(Cc5ccc(c(Cl)c5)O3)NC(=O)[C@@H](N)c3ccc(O)c(c3)Oc3cc(O)cc4c3)c3ccc(O)c(c3)-c3c(OC4O[C@H](CO)[C@@H](O)[C@H](O)[C@@H]4O)cc(O)cc3[C@@H](C(=O)O)NC2=O)O[C@H](CO)[C@@H](O)[C@@H]1O. The van der Waals surface area contributed by atoms with E-state index >= 15 is 24.0 Å². The van der Waals surface area contributed by atoms with Crippen LogP contribution in [0.15, 0.2) is 127 Å². The van der Waals surface area contributed by atoms with Crippen LogP contribution in [0.1, 0.15) is 128 Å². The van der Waals surface area contributed by atoms with Crippen LogP contribution in [-0.4, -0.2) is 254 Å². The number of carbonyl (C=O) groups is 9. The summed E-state index contributed by atoms with van der Waals surface area (Å²) in [6.07, 6.45) is -22.2. The van der Waals surface area contributed by atoms with Crippen molar-refractivity contribution in [3.8, 4) is 80.1 Å². The maximum atomic E-state index is 17.0. The number of aromatic hydroxyl groups is 4. The molecule has 23 atom stereocenters. The molecule has 42 nitrogen and oxygen atoms in total. The molecular weight excluding hydrogens is 1780 g/mol. The van der Waals surface area contributed by atoms with Crippen molar-refractivity contribution in [2.24, 2.45) is 5.73 Å². The normalized spacial score (nSPS) is 28.9. The number of amides is 8. The van der Waals surface area contributed by atoms with Crippen LogP contribution < -0.4 is 72.0 Å². The lowest BCUT2D eigenvalue weighted by Gasteiger charge is -2.44. The Morgan fingerprint density at radius 2 is 1.07 bits per heavy atom. The topological polar surface area (TPSA) is 662 Å². The van der Waals surface area contributed by atoms with E-state index in [2.05, 4.69) is 42.5 Å². The van der Waals surface area contributed by atoms with E-state index < -0.39 is 316 Å². The number of hydrogen-bond donors (Lipinski definition) is 24. The van der Waals surface area contributed by atoms with E-state index in [9.17, 15) is 95.8 Å². The summed E-state index contributed by atoms with van der Waals surface area (Å²) in [5.41, 5.74) is 2.76. The number of phenolic OH excluding ortho intramolecular Hbond substituents is 4. The third-order valence-electron chi connectivity index (χ3n) is 23.1. The number of rotatable bonds is 19. The second-order valence-electron chi connectivity index (χ2n) is 32.3. The molecule has 7 aromatic carbocycles. The molecule has 704 valence electrons. The van der Waals surface area contributed by atoms with Crippen molar-refractivity contribution >= 4 is 76.4 Å². The molecule has 7 aromatic rings. The van der Waals surface area contributed by atoms with Crippen LogP contribution in [0.5, 0.6) is 69.0 Å². The third kappa shape index (κ3) is 20.6. The number of halogens is 2. The summed E-state index contributed by atoms with van der Waals surface area (Å²) in [4.78, 5) is 138. The molecule has 0 aromatic heterocycles. The minimum atomic E-state index is -2.59. The molecule has 44 heteroatoms. The van der Waals surface area contributed by atoms with E-state index in [1.54, 1.807) is 6.08 Å². The molecule has 0 aliphatic carbocycles. The van der Waals surface area contributed by atoms with Gasteiger partial charge in [-0.2, -0.15) is 0 Å². The largest absolute Gasteiger partial charge is 0.508 e. The Kier molecular flexibility index (Phi) is 29.6. The molecule has 2 unspecified atom stereocenters. The maximum Gasteiger partial charge on any atom is 0.330 e. The summed E-state index contributed by atoms with van der Waals surface area (Å²) in [6.45, 7) is -0.149. The summed E-state index contributed by atoms with van der Waals surface area (Å²) in [5.74, 6) is -19.7. The van der Waals surface area contributed by atoms with Gasteiger partial charge >= 0.3 is 5.97 Å². The minimum Gasteiger partial charge on any atom is -0.508 e. The summed E-state index contributed by atoms with van der Waals surface area (Å²) < 4.78 is 57.4. The van der Waals surface area contributed by atoms with Gasteiger partial charge in [0.25, 0.3) is 0 Å². The monoisotopic (exact) mass is 1880 g/mol. The molecule has 3 fully saturated rings. The molecule has 25 N–H and O–H groups in total. The van der Waals surface area contributed by atoms with Gasteiger partial charge in [-0.15, -0.1) is 0 Å². The molecule has 17 bridgehead atoms. The standard InChI is InChI=1S/C88H95Cl2N9O33/c1-3-4-5-6-7-8-9-10-60(108)94-68-74(113)71(110)58(32-101)129-87(68)132-78-55-26-40-27-56(78)126-52-18-14-38(24-47(52)90)77(131-86-67(92-34(2)103)73(112)70(109)57(31-100)128-86)69-84(121)98-66(85(122)123)45-29-42(105)30-54(127-88-76(115)75(114)72(111)59(33-102)130-88)61(45)44-23-37(13-15-49(44)106)63(81(118)99-69)96-83(120)65(40)97-82(119)64-39-21-41(104)28-43(22-39)124-53-25-36(12-16-50(53)107)62(91)80(117)93-48(79(116)95-64)20-35-11-17-51(125-55)46(89)19-35/h7-8,11-19,21-30,48,57-59,62-77,86-88,100-102,104-107,109-115H,3-6,9-10,20,31-33,91H2,1-2H3,(H,92,103)(H,93,117)(H,94,108)(H,95,116)(H,96,120)(H,97,119)(H,98,121)(H,99,118)(H,122,123)/b8-7+/t48?,57-,58-,59-,62+,63-,64+,65-,66+,67-,68-,69+,70-,71-,72-,73-,74-,75+,76+,77-,86+,87+,88?/m1/s1. The Hall–Kier alpha value is -12.3.